The van der Waals surface area contributed by atoms with Crippen molar-refractivity contribution in [2.75, 3.05) is 0 Å². The smallest absolute Gasteiger partial charge is 0.235 e. The number of nitrogens with zero attached hydrogens (tertiary/aromatic N) is 4. The number of rotatable bonds is 4. The zero-order valence-corrected chi connectivity index (χ0v) is 25.7. The molecule has 0 radical (unpaired) electrons. The van der Waals surface area contributed by atoms with E-state index in [0.29, 0.717) is 17.4 Å². The molecule has 0 atom stereocenters. The highest BCUT2D eigenvalue weighted by molar-refractivity contribution is 6.16. The van der Waals surface area contributed by atoms with E-state index in [1.54, 1.807) is 0 Å². The Morgan fingerprint density at radius 2 is 1.15 bits per heavy atom. The average molecular weight is 615 g/mol. The van der Waals surface area contributed by atoms with Crippen molar-refractivity contribution in [1.82, 2.24) is 19.5 Å². The van der Waals surface area contributed by atoms with E-state index in [1.807, 2.05) is 48.5 Å². The van der Waals surface area contributed by atoms with Gasteiger partial charge in [0, 0.05) is 27.3 Å². The van der Waals surface area contributed by atoms with E-state index >= 15 is 0 Å². The van der Waals surface area contributed by atoms with E-state index in [-0.39, 0.29) is 0 Å². The van der Waals surface area contributed by atoms with Crippen LogP contribution < -0.4 is 0 Å². The lowest BCUT2D eigenvalue weighted by molar-refractivity contribution is 0.621. The van der Waals surface area contributed by atoms with Gasteiger partial charge in [0.15, 0.2) is 5.58 Å². The highest BCUT2D eigenvalue weighted by atomic mass is 16.3. The molecule has 7 aromatic carbocycles. The van der Waals surface area contributed by atoms with Crippen molar-refractivity contribution < 1.29 is 4.42 Å². The molecule has 0 unspecified atom stereocenters. The summed E-state index contributed by atoms with van der Waals surface area (Å²) in [6.45, 7) is 0. The summed E-state index contributed by atoms with van der Waals surface area (Å²) in [5, 5.41) is 5.63. The molecule has 224 valence electrons. The summed E-state index contributed by atoms with van der Waals surface area (Å²) in [5.41, 5.74) is 9.48. The minimum atomic E-state index is 0.582. The first-order valence-electron chi connectivity index (χ1n) is 16.0. The zero-order chi connectivity index (χ0) is 31.6. The van der Waals surface area contributed by atoms with E-state index in [2.05, 4.69) is 114 Å². The maximum Gasteiger partial charge on any atom is 0.235 e. The van der Waals surface area contributed by atoms with Crippen LogP contribution in [-0.4, -0.2) is 19.5 Å². The quantitative estimate of drug-likeness (QED) is 0.198. The standard InChI is InChI=1S/C43H26N4O/c1-2-12-30(13-3-1)42-44-37-26-25-34-33-16-7-9-20-38(33)47(40(34)41(37)48-42)43-45-36-19-8-6-17-35(36)39(46-43)29-23-21-28(22-24-29)32-18-10-14-27-11-4-5-15-31(27)32/h1-26H. The Labute approximate surface area is 275 Å². The lowest BCUT2D eigenvalue weighted by atomic mass is 9.96. The Bertz CT molecular complexity index is 2830. The Hall–Kier alpha value is -6.59. The first-order chi connectivity index (χ1) is 23.8. The molecule has 3 aromatic heterocycles. The summed E-state index contributed by atoms with van der Waals surface area (Å²) in [6.07, 6.45) is 0. The largest absolute Gasteiger partial charge is 0.434 e. The van der Waals surface area contributed by atoms with Crippen LogP contribution >= 0.6 is 0 Å². The van der Waals surface area contributed by atoms with Gasteiger partial charge in [-0.15, -0.1) is 0 Å². The van der Waals surface area contributed by atoms with Gasteiger partial charge in [-0.2, -0.15) is 0 Å². The molecule has 0 N–H and O–H groups in total. The maximum atomic E-state index is 6.56. The first-order valence-corrected chi connectivity index (χ1v) is 16.0. The number of aromatic nitrogens is 4. The summed E-state index contributed by atoms with van der Waals surface area (Å²) >= 11 is 0. The molecule has 0 bridgehead atoms. The number of hydrogen-bond acceptors (Lipinski definition) is 4. The molecule has 0 fully saturated rings. The van der Waals surface area contributed by atoms with Crippen LogP contribution in [-0.2, 0) is 0 Å². The molecule has 0 amide bonds. The van der Waals surface area contributed by atoms with Crippen LogP contribution in [0, 0.1) is 0 Å². The van der Waals surface area contributed by atoms with Gasteiger partial charge in [0.05, 0.1) is 16.7 Å². The van der Waals surface area contributed by atoms with E-state index < -0.39 is 0 Å². The molecule has 0 saturated carbocycles. The predicted molar refractivity (Wildman–Crippen MR) is 195 cm³/mol. The molecule has 0 aliphatic carbocycles. The number of fused-ring (bicyclic) bond motifs is 7. The molecule has 5 nitrogen and oxygen atoms in total. The first kappa shape index (κ1) is 26.6. The second-order valence-electron chi connectivity index (χ2n) is 12.0. The summed E-state index contributed by atoms with van der Waals surface area (Å²) in [5.74, 6) is 1.17. The molecule has 10 aromatic rings. The summed E-state index contributed by atoms with van der Waals surface area (Å²) in [7, 11) is 0. The van der Waals surface area contributed by atoms with Gasteiger partial charge in [-0.1, -0.05) is 121 Å². The Kier molecular flexibility index (Phi) is 5.81. The third-order valence-corrected chi connectivity index (χ3v) is 9.26. The lowest BCUT2D eigenvalue weighted by Gasteiger charge is -2.12. The van der Waals surface area contributed by atoms with E-state index in [9.17, 15) is 0 Å². The molecule has 48 heavy (non-hydrogen) atoms. The van der Waals surface area contributed by atoms with Crippen molar-refractivity contribution >= 4 is 54.6 Å². The summed E-state index contributed by atoms with van der Waals surface area (Å²) < 4.78 is 8.69. The van der Waals surface area contributed by atoms with Crippen LogP contribution in [0.25, 0.3) is 94.4 Å². The topological polar surface area (TPSA) is 56.7 Å². The monoisotopic (exact) mass is 614 g/mol. The van der Waals surface area contributed by atoms with Crippen LogP contribution in [0.3, 0.4) is 0 Å². The number of hydrogen-bond donors (Lipinski definition) is 0. The number of benzene rings is 7. The molecule has 5 heteroatoms. The van der Waals surface area contributed by atoms with Crippen molar-refractivity contribution in [1.29, 1.82) is 0 Å². The van der Waals surface area contributed by atoms with Crippen LogP contribution in [0.15, 0.2) is 162 Å². The number of para-hydroxylation sites is 2. The highest BCUT2D eigenvalue weighted by Gasteiger charge is 2.22. The molecule has 10 rings (SSSR count). The summed E-state index contributed by atoms with van der Waals surface area (Å²) in [4.78, 5) is 15.4. The molecule has 0 spiro atoms. The summed E-state index contributed by atoms with van der Waals surface area (Å²) in [6, 6.07) is 54.5. The van der Waals surface area contributed by atoms with Crippen LogP contribution in [0.2, 0.25) is 0 Å². The third kappa shape index (κ3) is 4.08. The van der Waals surface area contributed by atoms with Crippen molar-refractivity contribution in [2.24, 2.45) is 0 Å². The Morgan fingerprint density at radius 1 is 0.438 bits per heavy atom. The molecule has 3 heterocycles. The Morgan fingerprint density at radius 3 is 2.02 bits per heavy atom. The Balaban J connectivity index is 1.20. The number of oxazole rings is 1. The molecule has 0 aliphatic rings. The van der Waals surface area contributed by atoms with Crippen LogP contribution in [0.5, 0.6) is 0 Å². The SMILES string of the molecule is c1ccc(-c2nc3ccc4c5ccccc5n(-c5nc(-c6ccc(-c7cccc8ccccc78)cc6)c6ccccc6n5)c4c3o2)cc1. The van der Waals surface area contributed by atoms with Gasteiger partial charge in [0.25, 0.3) is 0 Å². The zero-order valence-electron chi connectivity index (χ0n) is 25.7. The van der Waals surface area contributed by atoms with Gasteiger partial charge in [-0.25, -0.2) is 15.0 Å². The van der Waals surface area contributed by atoms with Crippen molar-refractivity contribution in [3.63, 3.8) is 0 Å². The fraction of sp³-hybridized carbons (Fsp3) is 0. The lowest BCUT2D eigenvalue weighted by Crippen LogP contribution is -2.03. The minimum absolute atomic E-state index is 0.582. The highest BCUT2D eigenvalue weighted by Crippen LogP contribution is 2.39. The fourth-order valence-electron chi connectivity index (χ4n) is 7.02. The van der Waals surface area contributed by atoms with Crippen LogP contribution in [0.4, 0.5) is 0 Å². The van der Waals surface area contributed by atoms with Gasteiger partial charge >= 0.3 is 0 Å². The van der Waals surface area contributed by atoms with Gasteiger partial charge in [-0.05, 0) is 58.3 Å². The maximum absolute atomic E-state index is 6.56. The normalized spacial score (nSPS) is 11.8. The van der Waals surface area contributed by atoms with Crippen molar-refractivity contribution in [3.05, 3.63) is 158 Å². The molecular formula is C43H26N4O. The van der Waals surface area contributed by atoms with E-state index in [4.69, 9.17) is 19.4 Å². The fourth-order valence-corrected chi connectivity index (χ4v) is 7.02. The predicted octanol–water partition coefficient (Wildman–Crippen LogP) is 11.0. The van der Waals surface area contributed by atoms with Gasteiger partial charge in [0.1, 0.15) is 11.0 Å². The van der Waals surface area contributed by atoms with E-state index in [1.165, 1.54) is 21.9 Å². The minimum Gasteiger partial charge on any atom is -0.434 e. The molecule has 0 aliphatic heterocycles. The average Bonchev–Trinajstić information content (AvgIpc) is 3.74. The second-order valence-corrected chi connectivity index (χ2v) is 12.0. The van der Waals surface area contributed by atoms with Gasteiger partial charge < -0.3 is 4.42 Å². The van der Waals surface area contributed by atoms with Gasteiger partial charge in [-0.3, -0.25) is 4.57 Å². The molecule has 0 saturated heterocycles. The molecular weight excluding hydrogens is 589 g/mol. The van der Waals surface area contributed by atoms with Crippen molar-refractivity contribution in [2.45, 2.75) is 0 Å². The van der Waals surface area contributed by atoms with Crippen molar-refractivity contribution in [3.8, 4) is 39.8 Å². The van der Waals surface area contributed by atoms with Gasteiger partial charge in [0.2, 0.25) is 11.8 Å². The van der Waals surface area contributed by atoms with Crippen LogP contribution in [0.1, 0.15) is 0 Å². The third-order valence-electron chi connectivity index (χ3n) is 9.26. The second kappa shape index (κ2) is 10.5. The van der Waals surface area contributed by atoms with E-state index in [0.717, 1.165) is 55.0 Å².